The van der Waals surface area contributed by atoms with Crippen molar-refractivity contribution in [3.63, 3.8) is 0 Å². The molecule has 10 saturated heterocycles. The van der Waals surface area contributed by atoms with E-state index in [-0.39, 0.29) is 0 Å². The molecule has 554 valence electrons. The van der Waals surface area contributed by atoms with Crippen LogP contribution in [0.4, 0.5) is 0 Å². The summed E-state index contributed by atoms with van der Waals surface area (Å²) in [6, 6.07) is 0.847. The first-order chi connectivity index (χ1) is 43.4. The Kier molecular flexibility index (Phi) is 187. The molecule has 10 fully saturated rings. The van der Waals surface area contributed by atoms with E-state index < -0.39 is 0 Å². The summed E-state index contributed by atoms with van der Waals surface area (Å²) in [4.78, 5) is 11.9. The highest BCUT2D eigenvalue weighted by Gasteiger charge is 2.14. The normalized spacial score (nSPS) is 19.0. The van der Waals surface area contributed by atoms with Gasteiger partial charge in [-0.25, -0.2) is 0 Å². The number of morpholine rings is 1. The smallest absolute Gasteiger partial charge is 0.0591 e. The number of ether oxygens (including phenoxy) is 1. The van der Waals surface area contributed by atoms with Gasteiger partial charge in [-0.1, -0.05) is 199 Å². The van der Waals surface area contributed by atoms with Crippen LogP contribution < -0.4 is 37.2 Å². The lowest BCUT2D eigenvalue weighted by atomic mass is 10.1. The Labute approximate surface area is 568 Å². The fourth-order valence-electron chi connectivity index (χ4n) is 7.61. The molecular formula is C74H186N12OS. The van der Waals surface area contributed by atoms with Crippen LogP contribution in [-0.4, -0.2) is 235 Å². The number of piperazine rings is 1. The molecule has 13 nitrogen and oxygen atoms in total. The lowest BCUT2D eigenvalue weighted by Gasteiger charge is -2.28. The van der Waals surface area contributed by atoms with Crippen LogP contribution in [0.3, 0.4) is 0 Å². The van der Waals surface area contributed by atoms with E-state index in [2.05, 4.69) is 104 Å². The third-order valence-electron chi connectivity index (χ3n) is 12.3. The second-order valence-corrected chi connectivity index (χ2v) is 19.7. The standard InChI is InChI=1S/C6H14N2.2C6H13N.3C5H11N.C4H9NO.C4H9NS.C4H9N.C3H8N2.13C2H6/c1-7-3-5-8(2)6-4-7;1-6-4-3-5-7(6)2;1-7-5-3-2-4-6-7;1-6-4-2-3-5-6;2*1-2-4-6-5-3-1;2*1-3-6-4-2-5-1;1-2-4-5-3-1;1-2-5-3-4-1;13*1-2/h3-6H2,1-2H3;6H,3-5H2,1-2H3;2-6H2,1H3;2-5H2,1H3;2*6H,1-5H2;2*5H,1-4H2;5H,1-4H2;4-5H,1-3H2;13*1-2H3. The number of nitrogens with one attached hydrogen (secondary N) is 7. The molecule has 0 aromatic rings. The quantitative estimate of drug-likeness (QED) is 0.125. The molecule has 10 rings (SSSR count). The van der Waals surface area contributed by atoms with Gasteiger partial charge in [0.15, 0.2) is 0 Å². The lowest BCUT2D eigenvalue weighted by Crippen LogP contribution is -2.42. The summed E-state index contributed by atoms with van der Waals surface area (Å²) in [6.45, 7) is 82.8. The lowest BCUT2D eigenvalue weighted by molar-refractivity contribution is 0.109. The Bertz CT molecular complexity index is 713. The second kappa shape index (κ2) is 139. The first-order valence-corrected chi connectivity index (χ1v) is 40.1. The predicted molar refractivity (Wildman–Crippen MR) is 422 cm³/mol. The number of thioether (sulfide) groups is 1. The molecule has 10 aliphatic heterocycles. The van der Waals surface area contributed by atoms with E-state index in [1.807, 2.05) is 192 Å². The van der Waals surface area contributed by atoms with Crippen molar-refractivity contribution in [2.75, 3.05) is 204 Å². The molecule has 0 saturated carbocycles. The van der Waals surface area contributed by atoms with E-state index in [1.54, 1.807) is 0 Å². The van der Waals surface area contributed by atoms with Gasteiger partial charge in [-0.3, -0.25) is 0 Å². The van der Waals surface area contributed by atoms with E-state index >= 15 is 0 Å². The zero-order chi connectivity index (χ0) is 70.8. The average Bonchev–Trinajstić information content (AvgIpc) is 4.57. The predicted octanol–water partition coefficient (Wildman–Crippen LogP) is 17.1. The van der Waals surface area contributed by atoms with Gasteiger partial charge in [-0.05, 0) is 191 Å². The molecule has 0 aliphatic carbocycles. The van der Waals surface area contributed by atoms with E-state index in [0.717, 1.165) is 52.1 Å². The summed E-state index contributed by atoms with van der Waals surface area (Å²) in [5, 5.41) is 22.4. The van der Waals surface area contributed by atoms with Crippen molar-refractivity contribution < 1.29 is 4.74 Å². The average molecular weight is 1290 g/mol. The summed E-state index contributed by atoms with van der Waals surface area (Å²) in [7, 11) is 10.9. The van der Waals surface area contributed by atoms with E-state index in [0.29, 0.717) is 0 Å². The molecule has 14 heteroatoms. The van der Waals surface area contributed by atoms with Crippen LogP contribution in [0.5, 0.6) is 0 Å². The van der Waals surface area contributed by atoms with Crippen molar-refractivity contribution in [3.05, 3.63) is 0 Å². The van der Waals surface area contributed by atoms with Crippen LogP contribution in [0, 0.1) is 0 Å². The van der Waals surface area contributed by atoms with Crippen LogP contribution in [0.2, 0.25) is 0 Å². The molecule has 0 bridgehead atoms. The molecule has 0 radical (unpaired) electrons. The fraction of sp³-hybridized carbons (Fsp3) is 1.00. The molecule has 0 amide bonds. The van der Waals surface area contributed by atoms with Gasteiger partial charge in [-0.2, -0.15) is 11.8 Å². The van der Waals surface area contributed by atoms with Crippen molar-refractivity contribution >= 4 is 11.8 Å². The topological polar surface area (TPSA) is 110 Å². The van der Waals surface area contributed by atoms with E-state index in [1.165, 1.54) is 219 Å². The molecule has 10 aliphatic rings. The summed E-state index contributed by atoms with van der Waals surface area (Å²) in [5.74, 6) is 2.61. The number of rotatable bonds is 0. The van der Waals surface area contributed by atoms with Gasteiger partial charge in [0.25, 0.3) is 0 Å². The van der Waals surface area contributed by atoms with Crippen LogP contribution in [-0.2, 0) is 4.74 Å². The van der Waals surface area contributed by atoms with Gasteiger partial charge in [-0.15, -0.1) is 0 Å². The van der Waals surface area contributed by atoms with Crippen LogP contribution in [0.25, 0.3) is 0 Å². The zero-order valence-corrected chi connectivity index (χ0v) is 68.9. The monoisotopic (exact) mass is 1290 g/mol. The molecule has 0 spiro atoms. The number of hydrogen-bond donors (Lipinski definition) is 7. The second-order valence-electron chi connectivity index (χ2n) is 18.4. The number of likely N-dealkylation sites (N-methyl/N-ethyl adjacent to an activating group) is 2. The van der Waals surface area contributed by atoms with Crippen molar-refractivity contribution in [1.82, 2.24) is 61.7 Å². The largest absolute Gasteiger partial charge is 0.379 e. The van der Waals surface area contributed by atoms with Crippen LogP contribution in [0.15, 0.2) is 0 Å². The number of nitrogens with zero attached hydrogens (tertiary/aromatic N) is 5. The maximum absolute atomic E-state index is 5.01. The molecular weight excluding hydrogens is 1100 g/mol. The van der Waals surface area contributed by atoms with Gasteiger partial charge in [0.2, 0.25) is 0 Å². The van der Waals surface area contributed by atoms with Gasteiger partial charge < -0.3 is 66.5 Å². The van der Waals surface area contributed by atoms with Crippen molar-refractivity contribution in [2.24, 2.45) is 0 Å². The molecule has 0 aromatic carbocycles. The molecule has 10 heterocycles. The van der Waals surface area contributed by atoms with Gasteiger partial charge in [0.1, 0.15) is 0 Å². The Morgan fingerprint density at radius 2 is 0.511 bits per heavy atom. The maximum Gasteiger partial charge on any atom is 0.0591 e. The number of piperidine rings is 3. The minimum Gasteiger partial charge on any atom is -0.379 e. The van der Waals surface area contributed by atoms with Crippen molar-refractivity contribution in [1.29, 1.82) is 0 Å². The highest BCUT2D eigenvalue weighted by molar-refractivity contribution is 7.99. The zero-order valence-electron chi connectivity index (χ0n) is 68.1. The van der Waals surface area contributed by atoms with Crippen molar-refractivity contribution in [2.45, 2.75) is 289 Å². The highest BCUT2D eigenvalue weighted by atomic mass is 32.2. The molecule has 7 N–H and O–H groups in total. The number of hydrogen-bond acceptors (Lipinski definition) is 14. The first kappa shape index (κ1) is 118. The fourth-order valence-corrected chi connectivity index (χ4v) is 8.39. The third-order valence-corrected chi connectivity index (χ3v) is 13.3. The van der Waals surface area contributed by atoms with Crippen LogP contribution >= 0.6 is 11.8 Å². The van der Waals surface area contributed by atoms with Gasteiger partial charge in [0.05, 0.1) is 13.2 Å². The first-order valence-electron chi connectivity index (χ1n) is 38.9. The maximum atomic E-state index is 5.01. The van der Waals surface area contributed by atoms with Gasteiger partial charge >= 0.3 is 0 Å². The Hall–Kier alpha value is -0.170. The Morgan fingerprint density at radius 1 is 0.261 bits per heavy atom. The summed E-state index contributed by atoms with van der Waals surface area (Å²) >= 11 is 2.03. The minimum absolute atomic E-state index is 0.847. The highest BCUT2D eigenvalue weighted by Crippen LogP contribution is 2.12. The molecule has 1 atom stereocenters. The molecule has 0 aromatic heterocycles. The Morgan fingerprint density at radius 3 is 0.625 bits per heavy atom. The summed E-state index contributed by atoms with van der Waals surface area (Å²) in [5.41, 5.74) is 0. The summed E-state index contributed by atoms with van der Waals surface area (Å²) < 4.78 is 5.01. The van der Waals surface area contributed by atoms with Crippen LogP contribution in [0.1, 0.15) is 283 Å². The minimum atomic E-state index is 0.847. The Balaban J connectivity index is -0.0000000621. The molecule has 1 unspecified atom stereocenters. The SMILES string of the molecule is C1CCNC1.C1CCNCC1.C1CCNCC1.C1CNCN1.C1COCCN1.C1CSCCN1.CC.CC.CC.CC.CC.CC.CC.CC.CC.CC.CC.CC.CC.CC1CCCN1C.CN1CCCC1.CN1CCCCC1.CN1CCN(C)CC1. The summed E-state index contributed by atoms with van der Waals surface area (Å²) in [6.07, 6.45) is 21.1. The van der Waals surface area contributed by atoms with Crippen molar-refractivity contribution in [3.8, 4) is 0 Å². The third kappa shape index (κ3) is 130. The number of likely N-dealkylation sites (tertiary alicyclic amines) is 3. The van der Waals surface area contributed by atoms with Gasteiger partial charge in [0, 0.05) is 89.7 Å². The molecule has 88 heavy (non-hydrogen) atoms. The van der Waals surface area contributed by atoms with E-state index in [9.17, 15) is 0 Å². The van der Waals surface area contributed by atoms with E-state index in [4.69, 9.17) is 4.74 Å².